The van der Waals surface area contributed by atoms with Crippen LogP contribution in [-0.4, -0.2) is 31.3 Å². The molecule has 2 N–H and O–H groups in total. The van der Waals surface area contributed by atoms with Crippen molar-refractivity contribution < 1.29 is 9.90 Å². The van der Waals surface area contributed by atoms with Gasteiger partial charge < -0.3 is 15.0 Å². The van der Waals surface area contributed by atoms with Crippen LogP contribution in [0.15, 0.2) is 54.6 Å². The van der Waals surface area contributed by atoms with Crippen LogP contribution in [0.3, 0.4) is 0 Å². The summed E-state index contributed by atoms with van der Waals surface area (Å²) in [5, 5.41) is 10.9. The second kappa shape index (κ2) is 7.13. The SMILES string of the molecule is O=C(O)C1Cc2c([nH]c3ccccc23)CN1C(=S)SCc1ccccc1. The normalized spacial score (nSPS) is 16.5. The van der Waals surface area contributed by atoms with Gasteiger partial charge in [-0.2, -0.15) is 0 Å². The molecule has 0 saturated heterocycles. The Morgan fingerprint density at radius 1 is 1.19 bits per heavy atom. The Balaban J connectivity index is 1.58. The molecule has 0 aliphatic carbocycles. The largest absolute Gasteiger partial charge is 0.480 e. The van der Waals surface area contributed by atoms with Crippen molar-refractivity contribution in [2.24, 2.45) is 0 Å². The number of carboxylic acid groups (broad SMARTS) is 1. The minimum Gasteiger partial charge on any atom is -0.480 e. The number of nitrogens with one attached hydrogen (secondary N) is 1. The van der Waals surface area contributed by atoms with E-state index in [1.807, 2.05) is 47.4 Å². The van der Waals surface area contributed by atoms with Gasteiger partial charge in [-0.1, -0.05) is 72.5 Å². The highest BCUT2D eigenvalue weighted by atomic mass is 32.2. The molecule has 1 aromatic heterocycles. The molecule has 2 aromatic carbocycles. The van der Waals surface area contributed by atoms with Gasteiger partial charge in [-0.05, 0) is 17.2 Å². The van der Waals surface area contributed by atoms with Crippen LogP contribution in [0, 0.1) is 0 Å². The van der Waals surface area contributed by atoms with E-state index in [-0.39, 0.29) is 0 Å². The van der Waals surface area contributed by atoms with Crippen molar-refractivity contribution >= 4 is 45.2 Å². The van der Waals surface area contributed by atoms with Gasteiger partial charge in [-0.3, -0.25) is 0 Å². The molecule has 1 aliphatic heterocycles. The highest BCUT2D eigenvalue weighted by Gasteiger charge is 2.34. The number of hydrogen-bond acceptors (Lipinski definition) is 3. The Labute approximate surface area is 161 Å². The first-order chi connectivity index (χ1) is 12.6. The molecule has 0 saturated carbocycles. The van der Waals surface area contributed by atoms with Crippen LogP contribution in [0.1, 0.15) is 16.8 Å². The topological polar surface area (TPSA) is 56.3 Å². The first-order valence-electron chi connectivity index (χ1n) is 8.42. The summed E-state index contributed by atoms with van der Waals surface area (Å²) in [6.07, 6.45) is 0.459. The summed E-state index contributed by atoms with van der Waals surface area (Å²) in [6, 6.07) is 17.5. The number of aromatic amines is 1. The van der Waals surface area contributed by atoms with E-state index in [1.165, 1.54) is 17.3 Å². The molecule has 1 aliphatic rings. The lowest BCUT2D eigenvalue weighted by atomic mass is 9.97. The average molecular weight is 383 g/mol. The van der Waals surface area contributed by atoms with Crippen molar-refractivity contribution in [3.63, 3.8) is 0 Å². The predicted molar refractivity (Wildman–Crippen MR) is 109 cm³/mol. The van der Waals surface area contributed by atoms with Crippen LogP contribution < -0.4 is 0 Å². The number of thioether (sulfide) groups is 1. The van der Waals surface area contributed by atoms with Crippen molar-refractivity contribution in [3.05, 3.63) is 71.4 Å². The Bertz CT molecular complexity index is 968. The fourth-order valence-corrected chi connectivity index (χ4v) is 4.63. The van der Waals surface area contributed by atoms with Crippen LogP contribution in [-0.2, 0) is 23.5 Å². The van der Waals surface area contributed by atoms with Crippen molar-refractivity contribution in [1.29, 1.82) is 0 Å². The van der Waals surface area contributed by atoms with Crippen molar-refractivity contribution in [2.45, 2.75) is 24.8 Å². The summed E-state index contributed by atoms with van der Waals surface area (Å²) >= 11 is 7.11. The van der Waals surface area contributed by atoms with Gasteiger partial charge in [0.25, 0.3) is 0 Å². The van der Waals surface area contributed by atoms with Crippen LogP contribution in [0.5, 0.6) is 0 Å². The minimum absolute atomic E-state index is 0.459. The molecule has 1 unspecified atom stereocenters. The van der Waals surface area contributed by atoms with Crippen LogP contribution in [0.4, 0.5) is 0 Å². The monoisotopic (exact) mass is 382 g/mol. The molecule has 0 fully saturated rings. The number of fused-ring (bicyclic) bond motifs is 3. The molecule has 3 aromatic rings. The van der Waals surface area contributed by atoms with E-state index in [0.29, 0.717) is 17.3 Å². The Kier molecular flexibility index (Phi) is 4.70. The molecule has 2 heterocycles. The Hall–Kier alpha value is -2.31. The minimum atomic E-state index is -0.830. The van der Waals surface area contributed by atoms with Gasteiger partial charge in [-0.25, -0.2) is 4.79 Å². The number of aliphatic carboxylic acids is 1. The summed E-state index contributed by atoms with van der Waals surface area (Å²) in [7, 11) is 0. The van der Waals surface area contributed by atoms with E-state index in [0.717, 1.165) is 27.9 Å². The van der Waals surface area contributed by atoms with Crippen molar-refractivity contribution in [1.82, 2.24) is 9.88 Å². The van der Waals surface area contributed by atoms with Gasteiger partial charge >= 0.3 is 5.97 Å². The Morgan fingerprint density at radius 2 is 1.92 bits per heavy atom. The summed E-state index contributed by atoms with van der Waals surface area (Å²) in [6.45, 7) is 0.502. The molecule has 0 spiro atoms. The van der Waals surface area contributed by atoms with Crippen molar-refractivity contribution in [2.75, 3.05) is 0 Å². The molecule has 26 heavy (non-hydrogen) atoms. The van der Waals surface area contributed by atoms with Crippen LogP contribution in [0.2, 0.25) is 0 Å². The van der Waals surface area contributed by atoms with E-state index >= 15 is 0 Å². The molecular weight excluding hydrogens is 364 g/mol. The molecule has 0 radical (unpaired) electrons. The van der Waals surface area contributed by atoms with E-state index in [1.54, 1.807) is 0 Å². The number of hydrogen-bond donors (Lipinski definition) is 2. The zero-order valence-electron chi connectivity index (χ0n) is 14.0. The molecule has 4 rings (SSSR count). The molecular formula is C20H18N2O2S2. The maximum absolute atomic E-state index is 11.9. The summed E-state index contributed by atoms with van der Waals surface area (Å²) in [4.78, 5) is 17.2. The third kappa shape index (κ3) is 3.22. The van der Waals surface area contributed by atoms with Gasteiger partial charge in [0.05, 0.1) is 6.54 Å². The summed E-state index contributed by atoms with van der Waals surface area (Å²) in [5.74, 6) is -0.0918. The number of carboxylic acids is 1. The third-order valence-electron chi connectivity index (χ3n) is 4.73. The highest BCUT2D eigenvalue weighted by Crippen LogP contribution is 2.32. The standard InChI is InChI=1S/C20H18N2O2S2/c23-19(24)18-10-15-14-8-4-5-9-16(14)21-17(15)11-22(18)20(25)26-12-13-6-2-1-3-7-13/h1-9,18,21H,10-12H2,(H,23,24). The van der Waals surface area contributed by atoms with Gasteiger partial charge in [0.1, 0.15) is 10.4 Å². The second-order valence-electron chi connectivity index (χ2n) is 6.35. The zero-order chi connectivity index (χ0) is 18.1. The van der Waals surface area contributed by atoms with Gasteiger partial charge in [0, 0.05) is 28.8 Å². The fourth-order valence-electron chi connectivity index (χ4n) is 3.42. The lowest BCUT2D eigenvalue weighted by Crippen LogP contribution is -2.47. The van der Waals surface area contributed by atoms with Gasteiger partial charge in [-0.15, -0.1) is 0 Å². The lowest BCUT2D eigenvalue weighted by molar-refractivity contribution is -0.142. The van der Waals surface area contributed by atoms with E-state index in [9.17, 15) is 9.90 Å². The van der Waals surface area contributed by atoms with Crippen LogP contribution in [0.25, 0.3) is 10.9 Å². The van der Waals surface area contributed by atoms with E-state index < -0.39 is 12.0 Å². The number of rotatable bonds is 3. The third-order valence-corrected chi connectivity index (χ3v) is 6.28. The molecule has 1 atom stereocenters. The molecule has 132 valence electrons. The quantitative estimate of drug-likeness (QED) is 0.665. The Morgan fingerprint density at radius 3 is 2.69 bits per heavy atom. The number of H-pyrrole nitrogens is 1. The van der Waals surface area contributed by atoms with Crippen LogP contribution >= 0.6 is 24.0 Å². The van der Waals surface area contributed by atoms with E-state index in [4.69, 9.17) is 12.2 Å². The summed E-state index contributed by atoms with van der Waals surface area (Å²) < 4.78 is 0.630. The second-order valence-corrected chi connectivity index (χ2v) is 7.96. The zero-order valence-corrected chi connectivity index (χ0v) is 15.6. The summed E-state index contributed by atoms with van der Waals surface area (Å²) in [5.41, 5.74) is 4.38. The highest BCUT2D eigenvalue weighted by molar-refractivity contribution is 8.22. The predicted octanol–water partition coefficient (Wildman–Crippen LogP) is 4.20. The van der Waals surface area contributed by atoms with Crippen molar-refractivity contribution in [3.8, 4) is 0 Å². The first-order valence-corrected chi connectivity index (χ1v) is 9.81. The fraction of sp³-hybridized carbons (Fsp3) is 0.200. The maximum Gasteiger partial charge on any atom is 0.326 e. The lowest BCUT2D eigenvalue weighted by Gasteiger charge is -2.34. The number of para-hydroxylation sites is 1. The van der Waals surface area contributed by atoms with Gasteiger partial charge in [0.2, 0.25) is 0 Å². The van der Waals surface area contributed by atoms with E-state index in [2.05, 4.69) is 17.1 Å². The smallest absolute Gasteiger partial charge is 0.326 e. The molecule has 4 nitrogen and oxygen atoms in total. The molecule has 0 bridgehead atoms. The average Bonchev–Trinajstić information content (AvgIpc) is 3.03. The molecule has 0 amide bonds. The number of benzene rings is 2. The first kappa shape index (κ1) is 17.1. The number of aromatic nitrogens is 1. The number of carbonyl (C=O) groups is 1. The van der Waals surface area contributed by atoms with Gasteiger partial charge in [0.15, 0.2) is 0 Å². The number of nitrogens with zero attached hydrogens (tertiary/aromatic N) is 1. The number of thiocarbonyl (C=S) groups is 1. The maximum atomic E-state index is 11.9. The molecule has 6 heteroatoms.